The molecule has 2 N–H and O–H groups in total. The van der Waals surface area contributed by atoms with E-state index >= 15 is 0 Å². The van der Waals surface area contributed by atoms with E-state index in [2.05, 4.69) is 29.2 Å². The predicted octanol–water partition coefficient (Wildman–Crippen LogP) is 3.47. The fourth-order valence-electron chi connectivity index (χ4n) is 5.16. The van der Waals surface area contributed by atoms with Crippen LogP contribution in [0.5, 0.6) is 5.75 Å². The molecule has 26 heavy (non-hydrogen) atoms. The average molecular weight is 381 g/mol. The first-order valence-electron chi connectivity index (χ1n) is 9.86. The molecule has 146 valence electrons. The van der Waals surface area contributed by atoms with Crippen LogP contribution in [0.3, 0.4) is 0 Å². The van der Waals surface area contributed by atoms with Gasteiger partial charge in [-0.25, -0.2) is 0 Å². The summed E-state index contributed by atoms with van der Waals surface area (Å²) >= 11 is 0. The van der Waals surface area contributed by atoms with Crippen LogP contribution in [-0.2, 0) is 11.3 Å². The maximum absolute atomic E-state index is 6.30. The van der Waals surface area contributed by atoms with Crippen LogP contribution < -0.4 is 10.5 Å². The lowest BCUT2D eigenvalue weighted by Gasteiger charge is -2.44. The Labute approximate surface area is 163 Å². The molecule has 5 heteroatoms. The van der Waals surface area contributed by atoms with Crippen LogP contribution in [0.25, 0.3) is 0 Å². The van der Waals surface area contributed by atoms with Gasteiger partial charge in [-0.3, -0.25) is 0 Å². The number of hydrogen-bond donors (Lipinski definition) is 1. The zero-order valence-electron chi connectivity index (χ0n) is 15.9. The number of hydrogen-bond acceptors (Lipinski definition) is 4. The molecule has 0 bridgehead atoms. The van der Waals surface area contributed by atoms with Crippen molar-refractivity contribution in [2.75, 3.05) is 33.4 Å². The summed E-state index contributed by atoms with van der Waals surface area (Å²) in [7, 11) is 1.73. The van der Waals surface area contributed by atoms with Gasteiger partial charge in [-0.1, -0.05) is 18.6 Å². The van der Waals surface area contributed by atoms with Crippen LogP contribution in [0, 0.1) is 17.3 Å². The van der Waals surface area contributed by atoms with E-state index in [1.165, 1.54) is 57.3 Å². The quantitative estimate of drug-likeness (QED) is 0.786. The molecule has 0 spiro atoms. The van der Waals surface area contributed by atoms with Gasteiger partial charge in [-0.15, -0.1) is 12.4 Å². The van der Waals surface area contributed by atoms with Gasteiger partial charge < -0.3 is 20.1 Å². The highest BCUT2D eigenvalue weighted by atomic mass is 35.5. The third-order valence-electron chi connectivity index (χ3n) is 6.72. The molecule has 0 amide bonds. The third kappa shape index (κ3) is 4.19. The van der Waals surface area contributed by atoms with Crippen LogP contribution >= 0.6 is 12.4 Å². The lowest BCUT2D eigenvalue weighted by Crippen LogP contribution is -2.46. The van der Waals surface area contributed by atoms with Gasteiger partial charge in [-0.05, 0) is 55.2 Å². The van der Waals surface area contributed by atoms with Crippen LogP contribution in [0.15, 0.2) is 24.3 Å². The maximum Gasteiger partial charge on any atom is 0.119 e. The number of nitrogens with two attached hydrogens (primary N) is 1. The van der Waals surface area contributed by atoms with E-state index in [4.69, 9.17) is 15.2 Å². The minimum Gasteiger partial charge on any atom is -0.493 e. The number of fused-ring (bicyclic) bond motifs is 1. The molecule has 1 saturated heterocycles. The molecule has 2 saturated carbocycles. The van der Waals surface area contributed by atoms with Gasteiger partial charge in [0.05, 0.1) is 13.2 Å². The largest absolute Gasteiger partial charge is 0.493 e. The van der Waals surface area contributed by atoms with Crippen molar-refractivity contribution in [3.05, 3.63) is 29.8 Å². The van der Waals surface area contributed by atoms with Gasteiger partial charge >= 0.3 is 0 Å². The minimum absolute atomic E-state index is 0. The van der Waals surface area contributed by atoms with E-state index < -0.39 is 0 Å². The number of halogens is 1. The minimum atomic E-state index is 0. The van der Waals surface area contributed by atoms with Crippen LogP contribution in [0.4, 0.5) is 0 Å². The normalized spacial score (nSPS) is 29.7. The molecular formula is C21H33ClN2O2. The van der Waals surface area contributed by atoms with Gasteiger partial charge in [0, 0.05) is 38.2 Å². The first-order valence-corrected chi connectivity index (χ1v) is 9.86. The fraction of sp³-hybridized carbons (Fsp3) is 0.714. The number of nitrogens with zero attached hydrogens (tertiary/aromatic N) is 1. The smallest absolute Gasteiger partial charge is 0.119 e. The first kappa shape index (κ1) is 19.9. The van der Waals surface area contributed by atoms with Crippen molar-refractivity contribution in [2.45, 2.75) is 44.8 Å². The van der Waals surface area contributed by atoms with Gasteiger partial charge in [0.1, 0.15) is 5.75 Å². The standard InChI is InChI=1S/C21H32N2O2.ClH/c1-24-13-16-4-2-5-18(10-16)25-15-21(8-3-9-21)14-23-11-17-6-7-20(22)19(17)12-23;/h2,4-5,10,17,19-20H,3,6-9,11-15,22H2,1H3;1H. The van der Waals surface area contributed by atoms with E-state index in [1.54, 1.807) is 7.11 Å². The van der Waals surface area contributed by atoms with Gasteiger partial charge in [-0.2, -0.15) is 0 Å². The van der Waals surface area contributed by atoms with E-state index in [0.29, 0.717) is 18.1 Å². The van der Waals surface area contributed by atoms with Crippen molar-refractivity contribution in [1.82, 2.24) is 4.90 Å². The second kappa shape index (κ2) is 8.47. The SMILES string of the molecule is COCc1cccc(OCC2(CN3CC4CCC(N)C4C3)CCC2)c1.Cl. The second-order valence-electron chi connectivity index (χ2n) is 8.58. The molecule has 4 nitrogen and oxygen atoms in total. The first-order chi connectivity index (χ1) is 12.2. The Morgan fingerprint density at radius 2 is 2.08 bits per heavy atom. The molecule has 3 unspecified atom stereocenters. The van der Waals surface area contributed by atoms with Gasteiger partial charge in [0.25, 0.3) is 0 Å². The van der Waals surface area contributed by atoms with E-state index in [1.807, 2.05) is 0 Å². The summed E-state index contributed by atoms with van der Waals surface area (Å²) in [6.07, 6.45) is 6.49. The predicted molar refractivity (Wildman–Crippen MR) is 107 cm³/mol. The zero-order valence-corrected chi connectivity index (χ0v) is 16.7. The monoisotopic (exact) mass is 380 g/mol. The molecular weight excluding hydrogens is 348 g/mol. The molecule has 1 aromatic carbocycles. The molecule has 4 rings (SSSR count). The highest BCUT2D eigenvalue weighted by Gasteiger charge is 2.45. The second-order valence-corrected chi connectivity index (χ2v) is 8.58. The number of benzene rings is 1. The Hall–Kier alpha value is -0.810. The van der Waals surface area contributed by atoms with Crippen molar-refractivity contribution < 1.29 is 9.47 Å². The summed E-state index contributed by atoms with van der Waals surface area (Å²) in [6, 6.07) is 8.74. The van der Waals surface area contributed by atoms with Crippen molar-refractivity contribution in [2.24, 2.45) is 23.0 Å². The van der Waals surface area contributed by atoms with Crippen molar-refractivity contribution in [3.8, 4) is 5.75 Å². The topological polar surface area (TPSA) is 47.7 Å². The number of methoxy groups -OCH3 is 1. The van der Waals surface area contributed by atoms with E-state index in [0.717, 1.165) is 24.2 Å². The molecule has 3 fully saturated rings. The molecule has 0 radical (unpaired) electrons. The van der Waals surface area contributed by atoms with Gasteiger partial charge in [0.2, 0.25) is 0 Å². The van der Waals surface area contributed by atoms with Crippen molar-refractivity contribution in [3.63, 3.8) is 0 Å². The van der Waals surface area contributed by atoms with Crippen molar-refractivity contribution >= 4 is 12.4 Å². The maximum atomic E-state index is 6.30. The van der Waals surface area contributed by atoms with Gasteiger partial charge in [0.15, 0.2) is 0 Å². The fourth-order valence-corrected chi connectivity index (χ4v) is 5.16. The Morgan fingerprint density at radius 1 is 1.23 bits per heavy atom. The number of likely N-dealkylation sites (tertiary alicyclic amines) is 1. The average Bonchev–Trinajstić information content (AvgIpc) is 3.12. The zero-order chi connectivity index (χ0) is 17.3. The number of rotatable bonds is 7. The molecule has 0 aromatic heterocycles. The number of ether oxygens (including phenoxy) is 2. The highest BCUT2D eigenvalue weighted by molar-refractivity contribution is 5.85. The molecule has 1 aliphatic heterocycles. The van der Waals surface area contributed by atoms with Crippen LogP contribution in [-0.4, -0.2) is 44.3 Å². The molecule has 3 aliphatic rings. The van der Waals surface area contributed by atoms with E-state index in [-0.39, 0.29) is 12.4 Å². The van der Waals surface area contributed by atoms with Crippen molar-refractivity contribution in [1.29, 1.82) is 0 Å². The summed E-state index contributed by atoms with van der Waals surface area (Å²) in [5.41, 5.74) is 7.82. The Balaban J connectivity index is 0.00000196. The highest BCUT2D eigenvalue weighted by Crippen LogP contribution is 2.45. The lowest BCUT2D eigenvalue weighted by atomic mass is 9.69. The van der Waals surface area contributed by atoms with E-state index in [9.17, 15) is 0 Å². The summed E-state index contributed by atoms with van der Waals surface area (Å²) in [5.74, 6) is 2.56. The summed E-state index contributed by atoms with van der Waals surface area (Å²) in [6.45, 7) is 5.12. The summed E-state index contributed by atoms with van der Waals surface area (Å²) < 4.78 is 11.4. The molecule has 3 atom stereocenters. The summed E-state index contributed by atoms with van der Waals surface area (Å²) in [5, 5.41) is 0. The van der Waals surface area contributed by atoms with Crippen LogP contribution in [0.2, 0.25) is 0 Å². The van der Waals surface area contributed by atoms with Crippen LogP contribution in [0.1, 0.15) is 37.7 Å². The lowest BCUT2D eigenvalue weighted by molar-refractivity contribution is 0.0220. The Kier molecular flexibility index (Phi) is 6.50. The Bertz CT molecular complexity index is 593. The molecule has 2 aliphatic carbocycles. The molecule has 1 heterocycles. The third-order valence-corrected chi connectivity index (χ3v) is 6.72. The molecule has 1 aromatic rings. The summed E-state index contributed by atoms with van der Waals surface area (Å²) in [4.78, 5) is 2.68. The Morgan fingerprint density at radius 3 is 2.77 bits per heavy atom.